The summed E-state index contributed by atoms with van der Waals surface area (Å²) in [5.74, 6) is -2.57. The largest absolute Gasteiger partial charge is 0.248 e. The molecular weight excluding hydrogens is 226 g/mol. The van der Waals surface area contributed by atoms with Crippen LogP contribution in [0.2, 0.25) is 0 Å². The van der Waals surface area contributed by atoms with Crippen LogP contribution in [0.3, 0.4) is 0 Å². The Bertz CT molecular complexity index is 157. The van der Waals surface area contributed by atoms with Gasteiger partial charge in [0.05, 0.1) is 0 Å². The molecule has 0 bridgehead atoms. The van der Waals surface area contributed by atoms with Crippen LogP contribution in [-0.4, -0.2) is 11.3 Å². The van der Waals surface area contributed by atoms with E-state index >= 15 is 0 Å². The number of hydrogen-bond acceptors (Lipinski definition) is 0. The molecule has 1 unspecified atom stereocenters. The average Bonchev–Trinajstić information content (AvgIpc) is 2.04. The molecule has 0 saturated carbocycles. The summed E-state index contributed by atoms with van der Waals surface area (Å²) in [5.41, 5.74) is -0.500. The molecule has 0 aromatic rings. The molecule has 0 N–H and O–H groups in total. The van der Waals surface area contributed by atoms with E-state index < -0.39 is 11.3 Å². The summed E-state index contributed by atoms with van der Waals surface area (Å²) in [5, 5.41) is 0.527. The fourth-order valence-corrected chi connectivity index (χ4v) is 1.32. The minimum absolute atomic E-state index is 0.108. The van der Waals surface area contributed by atoms with E-state index in [1.54, 1.807) is 13.0 Å². The molecule has 0 radical (unpaired) electrons. The molecule has 0 heterocycles. The highest BCUT2D eigenvalue weighted by Crippen LogP contribution is 2.36. The molecule has 0 aliphatic carbocycles. The fourth-order valence-electron chi connectivity index (χ4n) is 0.890. The van der Waals surface area contributed by atoms with Crippen molar-refractivity contribution in [2.45, 2.75) is 32.6 Å². The van der Waals surface area contributed by atoms with Crippen LogP contribution in [0.1, 0.15) is 26.7 Å². The first-order valence-electron chi connectivity index (χ1n) is 3.96. The van der Waals surface area contributed by atoms with Crippen molar-refractivity contribution in [1.82, 2.24) is 0 Å². The zero-order valence-electron chi connectivity index (χ0n) is 7.54. The van der Waals surface area contributed by atoms with E-state index in [0.717, 1.165) is 0 Å². The highest BCUT2D eigenvalue weighted by atomic mass is 79.9. The first-order valence-corrected chi connectivity index (χ1v) is 5.08. The molecule has 0 aliphatic heterocycles. The van der Waals surface area contributed by atoms with E-state index in [9.17, 15) is 8.78 Å². The van der Waals surface area contributed by atoms with Crippen LogP contribution in [0.5, 0.6) is 0 Å². The summed E-state index contributed by atoms with van der Waals surface area (Å²) < 4.78 is 25.9. The average molecular weight is 241 g/mol. The third-order valence-electron chi connectivity index (χ3n) is 1.98. The van der Waals surface area contributed by atoms with Crippen molar-refractivity contribution in [2.24, 2.45) is 5.41 Å². The van der Waals surface area contributed by atoms with Crippen molar-refractivity contribution >= 4 is 15.9 Å². The first kappa shape index (κ1) is 12.1. The predicted octanol–water partition coefficient (Wildman–Crippen LogP) is 4.01. The van der Waals surface area contributed by atoms with Gasteiger partial charge in [-0.1, -0.05) is 35.9 Å². The van der Waals surface area contributed by atoms with Crippen molar-refractivity contribution in [3.8, 4) is 0 Å². The predicted molar refractivity (Wildman–Crippen MR) is 52.0 cm³/mol. The molecule has 72 valence electrons. The van der Waals surface area contributed by atoms with Gasteiger partial charge in [-0.2, -0.15) is 0 Å². The minimum Gasteiger partial charge on any atom is -0.207 e. The number of rotatable bonds is 5. The second-order valence-corrected chi connectivity index (χ2v) is 3.94. The molecule has 0 nitrogen and oxygen atoms in total. The van der Waals surface area contributed by atoms with Gasteiger partial charge in [-0.05, 0) is 0 Å². The Hall–Kier alpha value is 0.0800. The van der Waals surface area contributed by atoms with Crippen LogP contribution in [0.15, 0.2) is 12.7 Å². The molecule has 0 spiro atoms. The van der Waals surface area contributed by atoms with Crippen molar-refractivity contribution in [2.75, 3.05) is 5.33 Å². The second-order valence-electron chi connectivity index (χ2n) is 3.38. The minimum atomic E-state index is -2.57. The molecule has 3 heteroatoms. The van der Waals surface area contributed by atoms with E-state index in [4.69, 9.17) is 0 Å². The standard InChI is InChI=1S/C9H15BrF2/c1-4-8(3,7-10)6-9(11,12)5-2/h4H,1,5-7H2,2-3H3. The lowest BCUT2D eigenvalue weighted by Gasteiger charge is -2.27. The van der Waals surface area contributed by atoms with Crippen molar-refractivity contribution in [1.29, 1.82) is 0 Å². The highest BCUT2D eigenvalue weighted by Gasteiger charge is 2.35. The quantitative estimate of drug-likeness (QED) is 0.504. The van der Waals surface area contributed by atoms with Crippen LogP contribution in [0, 0.1) is 5.41 Å². The molecule has 0 amide bonds. The summed E-state index contributed by atoms with van der Waals surface area (Å²) in [6, 6.07) is 0. The molecule has 0 aromatic carbocycles. The smallest absolute Gasteiger partial charge is 0.207 e. The van der Waals surface area contributed by atoms with E-state index in [-0.39, 0.29) is 12.8 Å². The normalized spacial score (nSPS) is 17.1. The van der Waals surface area contributed by atoms with Gasteiger partial charge in [0.1, 0.15) is 0 Å². The maximum atomic E-state index is 13.0. The van der Waals surface area contributed by atoms with Crippen LogP contribution in [-0.2, 0) is 0 Å². The van der Waals surface area contributed by atoms with Crippen molar-refractivity contribution in [3.63, 3.8) is 0 Å². The van der Waals surface area contributed by atoms with E-state index in [2.05, 4.69) is 22.5 Å². The van der Waals surface area contributed by atoms with Gasteiger partial charge in [0.15, 0.2) is 0 Å². The SMILES string of the molecule is C=CC(C)(CBr)CC(F)(F)CC. The lowest BCUT2D eigenvalue weighted by Crippen LogP contribution is -2.27. The number of alkyl halides is 3. The van der Waals surface area contributed by atoms with Crippen LogP contribution in [0.25, 0.3) is 0 Å². The third-order valence-corrected chi connectivity index (χ3v) is 3.26. The Morgan fingerprint density at radius 3 is 2.25 bits per heavy atom. The third kappa shape index (κ3) is 3.65. The molecule has 0 rings (SSSR count). The van der Waals surface area contributed by atoms with Gasteiger partial charge in [0.25, 0.3) is 0 Å². The van der Waals surface area contributed by atoms with Gasteiger partial charge in [-0.25, -0.2) is 8.78 Å². The molecule has 1 atom stereocenters. The van der Waals surface area contributed by atoms with Crippen molar-refractivity contribution < 1.29 is 8.78 Å². The Morgan fingerprint density at radius 1 is 1.50 bits per heavy atom. The van der Waals surface area contributed by atoms with Crippen molar-refractivity contribution in [3.05, 3.63) is 12.7 Å². The molecule has 12 heavy (non-hydrogen) atoms. The molecule has 0 aromatic heterocycles. The lowest BCUT2D eigenvalue weighted by molar-refractivity contribution is -0.0325. The van der Waals surface area contributed by atoms with E-state index in [0.29, 0.717) is 5.33 Å². The van der Waals surface area contributed by atoms with E-state index in [1.165, 1.54) is 6.92 Å². The van der Waals surface area contributed by atoms with Crippen LogP contribution < -0.4 is 0 Å². The van der Waals surface area contributed by atoms with Crippen LogP contribution >= 0.6 is 15.9 Å². The van der Waals surface area contributed by atoms with Gasteiger partial charge in [-0.3, -0.25) is 0 Å². The summed E-state index contributed by atoms with van der Waals surface area (Å²) >= 11 is 3.21. The number of hydrogen-bond donors (Lipinski definition) is 0. The molecule has 0 fully saturated rings. The zero-order chi connectivity index (χ0) is 9.83. The lowest BCUT2D eigenvalue weighted by atomic mass is 9.86. The van der Waals surface area contributed by atoms with Gasteiger partial charge >= 0.3 is 0 Å². The maximum absolute atomic E-state index is 13.0. The molecular formula is C9H15BrF2. The zero-order valence-corrected chi connectivity index (χ0v) is 9.13. The van der Waals surface area contributed by atoms with Gasteiger partial charge in [-0.15, -0.1) is 6.58 Å². The summed E-state index contributed by atoms with van der Waals surface area (Å²) in [6.07, 6.45) is 1.35. The number of halogens is 3. The van der Waals surface area contributed by atoms with Gasteiger partial charge in [0, 0.05) is 23.6 Å². The fraction of sp³-hybridized carbons (Fsp3) is 0.778. The second kappa shape index (κ2) is 4.35. The van der Waals surface area contributed by atoms with E-state index in [1.807, 2.05) is 0 Å². The Labute approximate surface area is 81.2 Å². The molecule has 0 aliphatic rings. The Kier molecular flexibility index (Phi) is 4.38. The topological polar surface area (TPSA) is 0 Å². The van der Waals surface area contributed by atoms with Gasteiger partial charge < -0.3 is 0 Å². The summed E-state index contributed by atoms with van der Waals surface area (Å²) in [6.45, 7) is 6.83. The molecule has 0 saturated heterocycles. The Balaban J connectivity index is 4.29. The highest BCUT2D eigenvalue weighted by molar-refractivity contribution is 9.09. The van der Waals surface area contributed by atoms with Gasteiger partial charge in [0.2, 0.25) is 5.92 Å². The summed E-state index contributed by atoms with van der Waals surface area (Å²) in [4.78, 5) is 0. The monoisotopic (exact) mass is 240 g/mol. The van der Waals surface area contributed by atoms with Crippen LogP contribution in [0.4, 0.5) is 8.78 Å². The maximum Gasteiger partial charge on any atom is 0.248 e. The Morgan fingerprint density at radius 2 is 2.00 bits per heavy atom. The first-order chi connectivity index (χ1) is 5.39. The summed E-state index contributed by atoms with van der Waals surface area (Å²) in [7, 11) is 0. The number of allylic oxidation sites excluding steroid dienone is 1.